The van der Waals surface area contributed by atoms with Gasteiger partial charge >= 0.3 is 0 Å². The third kappa shape index (κ3) is 4.02. The van der Waals surface area contributed by atoms with E-state index >= 15 is 0 Å². The summed E-state index contributed by atoms with van der Waals surface area (Å²) in [4.78, 5) is 12.2. The molecule has 2 heterocycles. The lowest BCUT2D eigenvalue weighted by Crippen LogP contribution is -2.10. The number of aromatic nitrogens is 3. The highest BCUT2D eigenvalue weighted by molar-refractivity contribution is 5.79. The quantitative estimate of drug-likeness (QED) is 0.500. The second-order valence-electron chi connectivity index (χ2n) is 6.81. The molecule has 28 heavy (non-hydrogen) atoms. The summed E-state index contributed by atoms with van der Waals surface area (Å²) in [7, 11) is 0. The molecule has 0 aliphatic carbocycles. The topological polar surface area (TPSA) is 53.6 Å². The zero-order chi connectivity index (χ0) is 19.5. The van der Waals surface area contributed by atoms with Crippen LogP contribution in [0.25, 0.3) is 22.2 Å². The number of nitrogens with zero attached hydrogens (tertiary/aromatic N) is 2. The van der Waals surface area contributed by atoms with Gasteiger partial charge in [-0.2, -0.15) is 0 Å². The minimum Gasteiger partial charge on any atom is -0.354 e. The van der Waals surface area contributed by atoms with Crippen molar-refractivity contribution in [1.29, 1.82) is 0 Å². The van der Waals surface area contributed by atoms with E-state index in [-0.39, 0.29) is 5.82 Å². The molecule has 4 aromatic rings. The summed E-state index contributed by atoms with van der Waals surface area (Å²) in [5.74, 6) is 6.72. The normalized spacial score (nSPS) is 10.7. The van der Waals surface area contributed by atoms with E-state index in [9.17, 15) is 4.39 Å². The predicted molar refractivity (Wildman–Crippen MR) is 110 cm³/mol. The van der Waals surface area contributed by atoms with Crippen LogP contribution in [-0.4, -0.2) is 21.0 Å². The molecular weight excluding hydrogens is 351 g/mol. The third-order valence-corrected chi connectivity index (χ3v) is 4.18. The summed E-state index contributed by atoms with van der Waals surface area (Å²) < 4.78 is 13.0. The number of nitrogens with one attached hydrogen (secondary N) is 2. The van der Waals surface area contributed by atoms with Gasteiger partial charge in [0.1, 0.15) is 11.5 Å². The molecule has 0 aliphatic heterocycles. The Morgan fingerprint density at radius 2 is 1.75 bits per heavy atom. The van der Waals surface area contributed by atoms with Crippen LogP contribution in [0.1, 0.15) is 25.1 Å². The summed E-state index contributed by atoms with van der Waals surface area (Å²) in [5, 5.41) is 3.26. The van der Waals surface area contributed by atoms with Crippen molar-refractivity contribution in [3.63, 3.8) is 0 Å². The smallest absolute Gasteiger partial charge is 0.201 e. The van der Waals surface area contributed by atoms with Gasteiger partial charge in [0, 0.05) is 23.4 Å². The summed E-state index contributed by atoms with van der Waals surface area (Å²) in [5.41, 5.74) is 5.23. The van der Waals surface area contributed by atoms with Gasteiger partial charge in [-0.15, -0.1) is 0 Å². The molecule has 2 N–H and O–H groups in total. The Hall–Kier alpha value is -3.65. The first-order chi connectivity index (χ1) is 13.6. The maximum atomic E-state index is 13.0. The molecule has 0 radical (unpaired) electrons. The van der Waals surface area contributed by atoms with Gasteiger partial charge in [0.2, 0.25) is 5.95 Å². The molecule has 0 fully saturated rings. The van der Waals surface area contributed by atoms with Crippen molar-refractivity contribution in [2.45, 2.75) is 19.9 Å². The van der Waals surface area contributed by atoms with Crippen molar-refractivity contribution >= 4 is 17.0 Å². The van der Waals surface area contributed by atoms with Gasteiger partial charge in [-0.05, 0) is 61.7 Å². The Labute approximate surface area is 162 Å². The molecule has 0 saturated carbocycles. The number of halogens is 1. The maximum Gasteiger partial charge on any atom is 0.201 e. The summed E-state index contributed by atoms with van der Waals surface area (Å²) in [6.45, 7) is 4.14. The lowest BCUT2D eigenvalue weighted by Gasteiger charge is -2.04. The Balaban J connectivity index is 1.54. The van der Waals surface area contributed by atoms with E-state index in [0.717, 1.165) is 33.7 Å². The van der Waals surface area contributed by atoms with Crippen LogP contribution in [0.3, 0.4) is 0 Å². The SMILES string of the molecule is CC(C)Nc1nc2cc(C#Cc3ccc(-c4ccc(F)cc4)cn3)ccc2[nH]1. The highest BCUT2D eigenvalue weighted by Crippen LogP contribution is 2.19. The fraction of sp³-hybridized carbons (Fsp3) is 0.130. The van der Waals surface area contributed by atoms with Crippen LogP contribution in [0.15, 0.2) is 60.8 Å². The van der Waals surface area contributed by atoms with Crippen LogP contribution < -0.4 is 5.32 Å². The van der Waals surface area contributed by atoms with Crippen molar-refractivity contribution in [2.24, 2.45) is 0 Å². The Kier molecular flexibility index (Phi) is 4.77. The molecule has 138 valence electrons. The predicted octanol–water partition coefficient (Wildman–Crippen LogP) is 4.98. The first kappa shape index (κ1) is 17.7. The van der Waals surface area contributed by atoms with Gasteiger partial charge in [-0.25, -0.2) is 14.4 Å². The van der Waals surface area contributed by atoms with Crippen LogP contribution in [0, 0.1) is 17.7 Å². The van der Waals surface area contributed by atoms with Crippen LogP contribution >= 0.6 is 0 Å². The van der Waals surface area contributed by atoms with Gasteiger partial charge < -0.3 is 10.3 Å². The second kappa shape index (κ2) is 7.53. The number of imidazole rings is 1. The van der Waals surface area contributed by atoms with Crippen LogP contribution in [0.2, 0.25) is 0 Å². The van der Waals surface area contributed by atoms with E-state index in [1.165, 1.54) is 12.1 Å². The molecular formula is C23H19FN4. The van der Waals surface area contributed by atoms with Crippen LogP contribution in [0.4, 0.5) is 10.3 Å². The Morgan fingerprint density at radius 3 is 2.46 bits per heavy atom. The molecule has 0 bridgehead atoms. The molecule has 2 aromatic carbocycles. The summed E-state index contributed by atoms with van der Waals surface area (Å²) in [6, 6.07) is 16.3. The average molecular weight is 370 g/mol. The van der Waals surface area contributed by atoms with Gasteiger partial charge in [0.25, 0.3) is 0 Å². The minimum atomic E-state index is -0.250. The van der Waals surface area contributed by atoms with E-state index < -0.39 is 0 Å². The number of fused-ring (bicyclic) bond motifs is 1. The fourth-order valence-corrected chi connectivity index (χ4v) is 2.84. The number of hydrogen-bond donors (Lipinski definition) is 2. The molecule has 4 rings (SSSR count). The van der Waals surface area contributed by atoms with Crippen molar-refractivity contribution in [3.05, 3.63) is 77.9 Å². The number of rotatable bonds is 3. The lowest BCUT2D eigenvalue weighted by atomic mass is 10.1. The van der Waals surface area contributed by atoms with E-state index in [1.54, 1.807) is 18.3 Å². The standard InChI is InChI=1S/C23H19FN4/c1-15(2)26-23-27-21-12-4-16(13-22(21)28-23)3-10-20-11-7-18(14-25-20)17-5-8-19(24)9-6-17/h4-9,11-15H,1-2H3,(H2,26,27,28). The zero-order valence-corrected chi connectivity index (χ0v) is 15.6. The molecule has 0 aliphatic rings. The van der Waals surface area contributed by atoms with Crippen LogP contribution in [0.5, 0.6) is 0 Å². The van der Waals surface area contributed by atoms with Gasteiger partial charge in [0.15, 0.2) is 0 Å². The minimum absolute atomic E-state index is 0.250. The summed E-state index contributed by atoms with van der Waals surface area (Å²) in [6.07, 6.45) is 1.75. The van der Waals surface area contributed by atoms with Crippen LogP contribution in [-0.2, 0) is 0 Å². The molecule has 0 spiro atoms. The molecule has 0 atom stereocenters. The number of hydrogen-bond acceptors (Lipinski definition) is 3. The highest BCUT2D eigenvalue weighted by Gasteiger charge is 2.04. The molecule has 0 unspecified atom stereocenters. The van der Waals surface area contributed by atoms with Crippen molar-refractivity contribution in [2.75, 3.05) is 5.32 Å². The maximum absolute atomic E-state index is 13.0. The van der Waals surface area contributed by atoms with E-state index in [0.29, 0.717) is 11.7 Å². The zero-order valence-electron chi connectivity index (χ0n) is 15.6. The van der Waals surface area contributed by atoms with Crippen molar-refractivity contribution in [3.8, 4) is 23.0 Å². The Morgan fingerprint density at radius 1 is 0.964 bits per heavy atom. The van der Waals surface area contributed by atoms with Crippen molar-refractivity contribution in [1.82, 2.24) is 15.0 Å². The monoisotopic (exact) mass is 370 g/mol. The second-order valence-corrected chi connectivity index (χ2v) is 6.81. The van der Waals surface area contributed by atoms with Crippen molar-refractivity contribution < 1.29 is 4.39 Å². The Bertz CT molecular complexity index is 1160. The average Bonchev–Trinajstić information content (AvgIpc) is 3.08. The first-order valence-corrected chi connectivity index (χ1v) is 9.07. The number of H-pyrrole nitrogens is 1. The van der Waals surface area contributed by atoms with Gasteiger partial charge in [0.05, 0.1) is 11.0 Å². The highest BCUT2D eigenvalue weighted by atomic mass is 19.1. The molecule has 4 nitrogen and oxygen atoms in total. The van der Waals surface area contributed by atoms with E-state index in [4.69, 9.17) is 0 Å². The number of anilines is 1. The molecule has 0 saturated heterocycles. The van der Waals surface area contributed by atoms with Gasteiger partial charge in [-0.1, -0.05) is 24.1 Å². The molecule has 0 amide bonds. The van der Waals surface area contributed by atoms with E-state index in [2.05, 4.69) is 46.0 Å². The largest absolute Gasteiger partial charge is 0.354 e. The lowest BCUT2D eigenvalue weighted by molar-refractivity contribution is 0.628. The number of pyridine rings is 1. The summed E-state index contributed by atoms with van der Waals surface area (Å²) >= 11 is 0. The number of aromatic amines is 1. The first-order valence-electron chi connectivity index (χ1n) is 9.07. The number of benzene rings is 2. The molecule has 5 heteroatoms. The van der Waals surface area contributed by atoms with E-state index in [1.807, 2.05) is 30.3 Å². The fourth-order valence-electron chi connectivity index (χ4n) is 2.84. The molecule has 2 aromatic heterocycles. The third-order valence-electron chi connectivity index (χ3n) is 4.18. The van der Waals surface area contributed by atoms with Gasteiger partial charge in [-0.3, -0.25) is 0 Å².